The number of aliphatic carboxylic acids is 1. The van der Waals surface area contributed by atoms with Gasteiger partial charge in [-0.2, -0.15) is 0 Å². The molecule has 0 rings (SSSR count). The van der Waals surface area contributed by atoms with Gasteiger partial charge in [-0.3, -0.25) is 9.69 Å². The predicted octanol–water partition coefficient (Wildman–Crippen LogP) is 5.33. The first-order valence-corrected chi connectivity index (χ1v) is 12.8. The Labute approximate surface area is 197 Å². The minimum absolute atomic E-state index is 0.377. The van der Waals surface area contributed by atoms with Crippen LogP contribution in [-0.4, -0.2) is 59.7 Å². The first-order chi connectivity index (χ1) is 15.3. The Bertz CT molecular complexity index is 453. The molecule has 190 valence electrons. The Hall–Kier alpha value is -1.24. The van der Waals surface area contributed by atoms with Gasteiger partial charge in [0.05, 0.1) is 6.54 Å². The molecule has 0 aliphatic carbocycles. The van der Waals surface area contributed by atoms with Gasteiger partial charge in [0.25, 0.3) is 0 Å². The van der Waals surface area contributed by atoms with Crippen LogP contribution < -0.4 is 5.73 Å². The van der Waals surface area contributed by atoms with E-state index in [2.05, 4.69) is 24.0 Å². The van der Waals surface area contributed by atoms with Crippen LogP contribution in [0.1, 0.15) is 110 Å². The van der Waals surface area contributed by atoms with E-state index in [0.29, 0.717) is 18.9 Å². The minimum atomic E-state index is -1.23. The summed E-state index contributed by atoms with van der Waals surface area (Å²) >= 11 is 0. The first-order valence-electron chi connectivity index (χ1n) is 12.8. The number of likely N-dealkylation sites (N-methyl/N-ethyl adjacent to an activating group) is 1. The lowest BCUT2D eigenvalue weighted by Crippen LogP contribution is -2.28. The van der Waals surface area contributed by atoms with E-state index in [9.17, 15) is 9.59 Å². The standard InChI is InChI=1S/C23H46N2O.C3H6O3/c1-3-4-5-6-7-8-9-10-11-12-13-14-15-16-17-19-23(26)22-25(2)21-18-20-24;1-2(4)3(5)6/h10-11H,3-9,12-22,24H2,1-2H3;2,4H,1H3,(H,5,6)/b11-10-;. The topological polar surface area (TPSA) is 104 Å². The third-order valence-corrected chi connectivity index (χ3v) is 5.27. The summed E-state index contributed by atoms with van der Waals surface area (Å²) in [5.41, 5.74) is 5.49. The zero-order valence-electron chi connectivity index (χ0n) is 21.2. The molecule has 0 saturated heterocycles. The molecule has 6 heteroatoms. The van der Waals surface area contributed by atoms with Crippen LogP contribution in [0.25, 0.3) is 0 Å². The van der Waals surface area contributed by atoms with Crippen molar-refractivity contribution in [3.63, 3.8) is 0 Å². The summed E-state index contributed by atoms with van der Waals surface area (Å²) in [4.78, 5) is 23.4. The zero-order valence-corrected chi connectivity index (χ0v) is 21.2. The second kappa shape index (κ2) is 26.0. The van der Waals surface area contributed by atoms with E-state index in [0.717, 1.165) is 25.8 Å². The second-order valence-electron chi connectivity index (χ2n) is 8.77. The SMILES string of the molecule is CC(O)C(=O)O.CCCCCCCC/C=C\CCCCCCCC(=O)CN(C)CCCN. The number of Topliss-reactive ketones (excluding diaryl/α,β-unsaturated/α-hetero) is 1. The summed E-state index contributed by atoms with van der Waals surface area (Å²) in [6.45, 7) is 5.68. The van der Waals surface area contributed by atoms with Crippen molar-refractivity contribution in [2.45, 2.75) is 116 Å². The number of nitrogens with two attached hydrogens (primary N) is 1. The van der Waals surface area contributed by atoms with Crippen LogP contribution in [0.2, 0.25) is 0 Å². The van der Waals surface area contributed by atoms with Crippen molar-refractivity contribution in [1.82, 2.24) is 4.90 Å². The molecule has 0 radical (unpaired) electrons. The van der Waals surface area contributed by atoms with Crippen molar-refractivity contribution in [2.24, 2.45) is 5.73 Å². The predicted molar refractivity (Wildman–Crippen MR) is 135 cm³/mol. The molecular formula is C26H52N2O4. The number of carboxylic acid groups (broad SMARTS) is 1. The van der Waals surface area contributed by atoms with Crippen LogP contribution in [0.5, 0.6) is 0 Å². The van der Waals surface area contributed by atoms with Crippen molar-refractivity contribution in [3.8, 4) is 0 Å². The quantitative estimate of drug-likeness (QED) is 0.159. The summed E-state index contributed by atoms with van der Waals surface area (Å²) in [5, 5.41) is 15.8. The minimum Gasteiger partial charge on any atom is -0.479 e. The van der Waals surface area contributed by atoms with Gasteiger partial charge in [0.15, 0.2) is 0 Å². The molecule has 0 aliphatic heterocycles. The fourth-order valence-electron chi connectivity index (χ4n) is 3.21. The van der Waals surface area contributed by atoms with Gasteiger partial charge in [0.1, 0.15) is 11.9 Å². The van der Waals surface area contributed by atoms with Crippen molar-refractivity contribution in [2.75, 3.05) is 26.7 Å². The van der Waals surface area contributed by atoms with Gasteiger partial charge in [-0.1, -0.05) is 70.4 Å². The molecule has 0 aromatic heterocycles. The van der Waals surface area contributed by atoms with Gasteiger partial charge in [-0.05, 0) is 65.6 Å². The summed E-state index contributed by atoms with van der Waals surface area (Å²) in [6.07, 6.45) is 22.1. The average molecular weight is 457 g/mol. The molecule has 0 spiro atoms. The highest BCUT2D eigenvalue weighted by atomic mass is 16.4. The fraction of sp³-hybridized carbons (Fsp3) is 0.846. The number of aliphatic hydroxyl groups excluding tert-OH is 1. The molecule has 0 amide bonds. The molecule has 0 heterocycles. The van der Waals surface area contributed by atoms with Gasteiger partial charge in [0.2, 0.25) is 0 Å². The Morgan fingerprint density at radius 2 is 1.34 bits per heavy atom. The number of carboxylic acids is 1. The molecule has 1 atom stereocenters. The Kier molecular flexibility index (Phi) is 26.8. The van der Waals surface area contributed by atoms with Crippen molar-refractivity contribution >= 4 is 11.8 Å². The lowest BCUT2D eigenvalue weighted by atomic mass is 10.1. The number of rotatable bonds is 21. The highest BCUT2D eigenvalue weighted by molar-refractivity contribution is 5.80. The summed E-state index contributed by atoms with van der Waals surface area (Å²) in [7, 11) is 2.01. The number of ketones is 1. The van der Waals surface area contributed by atoms with Crippen molar-refractivity contribution < 1.29 is 19.8 Å². The van der Waals surface area contributed by atoms with Gasteiger partial charge in [-0.25, -0.2) is 4.79 Å². The van der Waals surface area contributed by atoms with Crippen LogP contribution in [0, 0.1) is 0 Å². The van der Waals surface area contributed by atoms with Gasteiger partial charge >= 0.3 is 5.97 Å². The first kappa shape index (κ1) is 32.9. The van der Waals surface area contributed by atoms with E-state index in [1.165, 1.54) is 84.0 Å². The smallest absolute Gasteiger partial charge is 0.332 e. The van der Waals surface area contributed by atoms with E-state index in [4.69, 9.17) is 15.9 Å². The summed E-state index contributed by atoms with van der Waals surface area (Å²) in [5.74, 6) is -0.808. The number of aliphatic hydroxyl groups is 1. The number of hydrogen-bond acceptors (Lipinski definition) is 5. The zero-order chi connectivity index (χ0) is 24.5. The maximum atomic E-state index is 11.9. The average Bonchev–Trinajstić information content (AvgIpc) is 2.75. The molecule has 0 aromatic carbocycles. The summed E-state index contributed by atoms with van der Waals surface area (Å²) < 4.78 is 0. The van der Waals surface area contributed by atoms with E-state index in [1.807, 2.05) is 7.05 Å². The van der Waals surface area contributed by atoms with E-state index < -0.39 is 12.1 Å². The maximum absolute atomic E-state index is 11.9. The highest BCUT2D eigenvalue weighted by Gasteiger charge is 2.05. The molecule has 0 saturated carbocycles. The molecule has 0 bridgehead atoms. The molecule has 4 N–H and O–H groups in total. The number of unbranched alkanes of at least 4 members (excludes halogenated alkanes) is 11. The van der Waals surface area contributed by atoms with Gasteiger partial charge in [0, 0.05) is 6.42 Å². The third-order valence-electron chi connectivity index (χ3n) is 5.27. The van der Waals surface area contributed by atoms with E-state index in [1.54, 1.807) is 0 Å². The van der Waals surface area contributed by atoms with Crippen LogP contribution in [0.15, 0.2) is 12.2 Å². The van der Waals surface area contributed by atoms with E-state index >= 15 is 0 Å². The molecule has 1 unspecified atom stereocenters. The van der Waals surface area contributed by atoms with Gasteiger partial charge < -0.3 is 15.9 Å². The Balaban J connectivity index is 0. The number of carbonyl (C=O) groups excluding carboxylic acids is 1. The normalized spacial score (nSPS) is 12.1. The van der Waals surface area contributed by atoms with Crippen LogP contribution in [-0.2, 0) is 9.59 Å². The Morgan fingerprint density at radius 1 is 0.875 bits per heavy atom. The van der Waals surface area contributed by atoms with Crippen molar-refractivity contribution in [1.29, 1.82) is 0 Å². The van der Waals surface area contributed by atoms with Crippen LogP contribution >= 0.6 is 0 Å². The number of nitrogens with zero attached hydrogens (tertiary/aromatic N) is 1. The van der Waals surface area contributed by atoms with Gasteiger partial charge in [-0.15, -0.1) is 0 Å². The lowest BCUT2D eigenvalue weighted by Gasteiger charge is -2.14. The molecule has 0 aromatic rings. The monoisotopic (exact) mass is 456 g/mol. The number of allylic oxidation sites excluding steroid dienone is 2. The maximum Gasteiger partial charge on any atom is 0.332 e. The second-order valence-corrected chi connectivity index (χ2v) is 8.77. The molecular weight excluding hydrogens is 404 g/mol. The highest BCUT2D eigenvalue weighted by Crippen LogP contribution is 2.10. The largest absolute Gasteiger partial charge is 0.479 e. The fourth-order valence-corrected chi connectivity index (χ4v) is 3.21. The number of hydrogen-bond donors (Lipinski definition) is 3. The third kappa shape index (κ3) is 28.8. The molecule has 0 fully saturated rings. The number of carbonyl (C=O) groups is 2. The van der Waals surface area contributed by atoms with E-state index in [-0.39, 0.29) is 0 Å². The van der Waals surface area contributed by atoms with Crippen LogP contribution in [0.4, 0.5) is 0 Å². The van der Waals surface area contributed by atoms with Crippen LogP contribution in [0.3, 0.4) is 0 Å². The van der Waals surface area contributed by atoms with Crippen molar-refractivity contribution in [3.05, 3.63) is 12.2 Å². The molecule has 32 heavy (non-hydrogen) atoms. The Morgan fingerprint density at radius 3 is 1.81 bits per heavy atom. The lowest BCUT2D eigenvalue weighted by molar-refractivity contribution is -0.145. The molecule has 6 nitrogen and oxygen atoms in total. The summed E-state index contributed by atoms with van der Waals surface area (Å²) in [6, 6.07) is 0. The molecule has 0 aliphatic rings.